The van der Waals surface area contributed by atoms with Crippen LogP contribution in [-0.2, 0) is 0 Å². The van der Waals surface area contributed by atoms with E-state index in [1.807, 2.05) is 0 Å². The van der Waals surface area contributed by atoms with Crippen LogP contribution >= 0.6 is 23.5 Å². The molecule has 0 aliphatic carbocycles. The Bertz CT molecular complexity index is 154. The molecule has 16 heavy (non-hydrogen) atoms. The lowest BCUT2D eigenvalue weighted by Gasteiger charge is -1.96. The Morgan fingerprint density at radius 2 is 1.69 bits per heavy atom. The highest BCUT2D eigenvalue weighted by Crippen LogP contribution is 2.14. The number of nitrogens with zero attached hydrogens (tertiary/aromatic N) is 1. The predicted molar refractivity (Wildman–Crippen MR) is 78.0 cm³/mol. The molecular weight excluding hydrogens is 234 g/mol. The summed E-state index contributed by atoms with van der Waals surface area (Å²) in [5.41, 5.74) is 0. The van der Waals surface area contributed by atoms with Gasteiger partial charge in [-0.2, -0.15) is 17.0 Å². The van der Waals surface area contributed by atoms with Gasteiger partial charge in [0.2, 0.25) is 0 Å². The molecule has 0 radical (unpaired) electrons. The maximum absolute atomic E-state index is 8.22. The number of thiocyanates is 1. The zero-order valence-electron chi connectivity index (χ0n) is 10.5. The maximum atomic E-state index is 8.22. The molecule has 0 saturated carbocycles. The fourth-order valence-electron chi connectivity index (χ4n) is 1.51. The first-order valence-electron chi connectivity index (χ1n) is 6.50. The Morgan fingerprint density at radius 3 is 2.19 bits per heavy atom. The molecule has 0 aromatic rings. The summed E-state index contributed by atoms with van der Waals surface area (Å²) in [6.07, 6.45) is 10.8. The fourth-order valence-corrected chi connectivity index (χ4v) is 2.97. The molecule has 0 unspecified atom stereocenters. The van der Waals surface area contributed by atoms with Crippen LogP contribution in [0, 0.1) is 10.7 Å². The number of thioether (sulfide) groups is 2. The van der Waals surface area contributed by atoms with Crippen molar-refractivity contribution in [1.29, 1.82) is 5.26 Å². The van der Waals surface area contributed by atoms with Gasteiger partial charge in [0.05, 0.1) is 0 Å². The Hall–Kier alpha value is 0.190. The normalized spacial score (nSPS) is 14.0. The lowest BCUT2D eigenvalue weighted by molar-refractivity contribution is 0.627. The van der Waals surface area contributed by atoms with Gasteiger partial charge in [-0.15, -0.1) is 0 Å². The zero-order valence-corrected chi connectivity index (χ0v) is 12.2. The third-order valence-electron chi connectivity index (χ3n) is 2.49. The van der Waals surface area contributed by atoms with Crippen molar-refractivity contribution < 1.29 is 0 Å². The third-order valence-corrected chi connectivity index (χ3v) is 4.27. The molecular formula is C13H25NS2. The first-order valence-corrected chi connectivity index (χ1v) is 8.64. The minimum atomic E-state index is 1.02. The van der Waals surface area contributed by atoms with Gasteiger partial charge in [0.1, 0.15) is 5.40 Å². The van der Waals surface area contributed by atoms with Crippen molar-refractivity contribution in [2.45, 2.75) is 58.3 Å². The highest BCUT2D eigenvalue weighted by Gasteiger charge is 1.95. The first-order chi connectivity index (χ1) is 7.91. The van der Waals surface area contributed by atoms with Crippen LogP contribution in [0.2, 0.25) is 0 Å². The Labute approximate surface area is 110 Å². The van der Waals surface area contributed by atoms with Crippen LogP contribution < -0.4 is 0 Å². The van der Waals surface area contributed by atoms with E-state index in [4.69, 9.17) is 5.26 Å². The number of hydrogen-bond donors (Lipinski definition) is 0. The van der Waals surface area contributed by atoms with Gasteiger partial charge in [-0.3, -0.25) is 0 Å². The van der Waals surface area contributed by atoms with E-state index in [9.17, 15) is 0 Å². The highest BCUT2D eigenvalue weighted by atomic mass is 32.2. The van der Waals surface area contributed by atoms with Crippen LogP contribution in [0.1, 0.15) is 58.3 Å². The minimum Gasteiger partial charge on any atom is -0.185 e. The predicted octanol–water partition coefficient (Wildman–Crippen LogP) is 5.07. The van der Waals surface area contributed by atoms with Crippen molar-refractivity contribution in [1.82, 2.24) is 0 Å². The summed E-state index contributed by atoms with van der Waals surface area (Å²) < 4.78 is 0. The van der Waals surface area contributed by atoms with E-state index in [-0.39, 0.29) is 0 Å². The number of rotatable bonds is 7. The van der Waals surface area contributed by atoms with Crippen LogP contribution in [0.4, 0.5) is 0 Å². The first kappa shape index (κ1) is 16.2. The second-order valence-corrected chi connectivity index (χ2v) is 6.13. The fraction of sp³-hybridized carbons (Fsp3) is 0.923. The number of unbranched alkanes of at least 4 members (excludes halogenated alkanes) is 5. The molecule has 1 saturated heterocycles. The molecule has 1 fully saturated rings. The third kappa shape index (κ3) is 14.2. The van der Waals surface area contributed by atoms with E-state index in [1.165, 1.54) is 74.6 Å². The van der Waals surface area contributed by atoms with Crippen molar-refractivity contribution in [3.8, 4) is 5.40 Å². The molecule has 0 atom stereocenters. The van der Waals surface area contributed by atoms with Gasteiger partial charge in [0.15, 0.2) is 0 Å². The molecule has 1 aliphatic rings. The quantitative estimate of drug-likeness (QED) is 0.471. The lowest BCUT2D eigenvalue weighted by Crippen LogP contribution is -1.80. The van der Waals surface area contributed by atoms with Crippen molar-refractivity contribution in [2.24, 2.45) is 0 Å². The summed E-state index contributed by atoms with van der Waals surface area (Å²) in [7, 11) is 0. The van der Waals surface area contributed by atoms with Gasteiger partial charge in [-0.25, -0.2) is 0 Å². The van der Waals surface area contributed by atoms with Gasteiger partial charge < -0.3 is 0 Å². The molecule has 0 N–H and O–H groups in total. The molecule has 1 aliphatic heterocycles. The highest BCUT2D eigenvalue weighted by molar-refractivity contribution is 8.03. The molecule has 0 bridgehead atoms. The van der Waals surface area contributed by atoms with E-state index in [0.29, 0.717) is 0 Å². The summed E-state index contributed by atoms with van der Waals surface area (Å²) in [6.45, 7) is 2.23. The molecule has 1 heterocycles. The Morgan fingerprint density at radius 1 is 1.06 bits per heavy atom. The minimum absolute atomic E-state index is 1.02. The van der Waals surface area contributed by atoms with Crippen LogP contribution in [0.5, 0.6) is 0 Å². The van der Waals surface area contributed by atoms with E-state index >= 15 is 0 Å². The van der Waals surface area contributed by atoms with E-state index < -0.39 is 0 Å². The van der Waals surface area contributed by atoms with Crippen molar-refractivity contribution in [3.05, 3.63) is 0 Å². The molecule has 1 nitrogen and oxygen atoms in total. The second kappa shape index (κ2) is 15.2. The summed E-state index contributed by atoms with van der Waals surface area (Å²) in [5.74, 6) is 3.85. The summed E-state index contributed by atoms with van der Waals surface area (Å²) in [5, 5.41) is 10.3. The van der Waals surface area contributed by atoms with Gasteiger partial charge >= 0.3 is 0 Å². The van der Waals surface area contributed by atoms with Crippen LogP contribution in [0.25, 0.3) is 0 Å². The average molecular weight is 259 g/mol. The molecule has 94 valence electrons. The molecule has 0 amide bonds. The van der Waals surface area contributed by atoms with Gasteiger partial charge in [0.25, 0.3) is 0 Å². The maximum Gasteiger partial charge on any atom is 0.133 e. The van der Waals surface area contributed by atoms with Crippen molar-refractivity contribution in [3.63, 3.8) is 0 Å². The van der Waals surface area contributed by atoms with Gasteiger partial charge in [-0.05, 0) is 42.5 Å². The topological polar surface area (TPSA) is 23.8 Å². The van der Waals surface area contributed by atoms with Crippen molar-refractivity contribution in [2.75, 3.05) is 17.3 Å². The van der Waals surface area contributed by atoms with E-state index in [2.05, 4.69) is 24.1 Å². The monoisotopic (exact) mass is 259 g/mol. The molecule has 0 aromatic heterocycles. The van der Waals surface area contributed by atoms with E-state index in [1.54, 1.807) is 0 Å². The molecule has 0 aromatic carbocycles. The smallest absolute Gasteiger partial charge is 0.133 e. The standard InChI is InChI=1S/C9H17NS.C4H8S/c1-2-3-4-5-6-7-8-11-9-10;1-2-4-5-3-1/h2-8H2,1H3;1-4H2. The van der Waals surface area contributed by atoms with Crippen molar-refractivity contribution >= 4 is 23.5 Å². The number of hydrogen-bond acceptors (Lipinski definition) is 3. The Balaban J connectivity index is 0.000000368. The number of nitriles is 1. The lowest BCUT2D eigenvalue weighted by atomic mass is 10.1. The summed E-state index contributed by atoms with van der Waals surface area (Å²) in [4.78, 5) is 0. The van der Waals surface area contributed by atoms with Gasteiger partial charge in [0, 0.05) is 5.75 Å². The summed E-state index contributed by atoms with van der Waals surface area (Å²) >= 11 is 3.45. The molecule has 1 rings (SSSR count). The molecule has 0 spiro atoms. The summed E-state index contributed by atoms with van der Waals surface area (Å²) in [6, 6.07) is 0. The average Bonchev–Trinajstić information content (AvgIpc) is 2.87. The second-order valence-electron chi connectivity index (χ2n) is 4.03. The zero-order chi connectivity index (χ0) is 11.9. The van der Waals surface area contributed by atoms with E-state index in [0.717, 1.165) is 5.75 Å². The SMILES string of the molecule is C1CCSC1.CCCCCCCCSC#N. The van der Waals surface area contributed by atoms with Crippen LogP contribution in [-0.4, -0.2) is 17.3 Å². The van der Waals surface area contributed by atoms with Gasteiger partial charge in [-0.1, -0.05) is 39.0 Å². The van der Waals surface area contributed by atoms with Crippen LogP contribution in [0.3, 0.4) is 0 Å². The Kier molecular flexibility index (Phi) is 15.4. The van der Waals surface area contributed by atoms with Crippen LogP contribution in [0.15, 0.2) is 0 Å². The largest absolute Gasteiger partial charge is 0.185 e. The molecule has 3 heteroatoms.